The minimum Gasteiger partial charge on any atom is -0.493 e. The van der Waals surface area contributed by atoms with E-state index < -0.39 is 0 Å². The molecule has 0 radical (unpaired) electrons. The summed E-state index contributed by atoms with van der Waals surface area (Å²) in [5.74, 6) is 1.81. The normalized spacial score (nSPS) is 10.7. The second kappa shape index (κ2) is 7.60. The van der Waals surface area contributed by atoms with E-state index in [9.17, 15) is 0 Å². The van der Waals surface area contributed by atoms with Gasteiger partial charge in [-0.3, -0.25) is 0 Å². The molecule has 2 heterocycles. The van der Waals surface area contributed by atoms with Crippen LogP contribution in [-0.2, 0) is 6.42 Å². The van der Waals surface area contributed by atoms with Crippen molar-refractivity contribution in [1.82, 2.24) is 9.97 Å². The molecular weight excluding hydrogens is 356 g/mol. The van der Waals surface area contributed by atoms with Gasteiger partial charge in [-0.1, -0.05) is 42.5 Å². The van der Waals surface area contributed by atoms with Gasteiger partial charge in [-0.15, -0.1) is 17.9 Å². The Kier molecular flexibility index (Phi) is 4.85. The fraction of sp³-hybridized carbons (Fsp3) is 0.0909. The maximum Gasteiger partial charge on any atom is 0.231 e. The predicted molar refractivity (Wildman–Crippen MR) is 110 cm³/mol. The minimum atomic E-state index is 0.521. The summed E-state index contributed by atoms with van der Waals surface area (Å²) in [6.07, 6.45) is 4.17. The Labute approximate surface area is 161 Å². The molecule has 0 atom stereocenters. The summed E-state index contributed by atoms with van der Waals surface area (Å²) in [6.45, 7) is 3.78. The SMILES string of the molecule is C=CCc1ccc(Oc2ncnc3sc(-c4ccccc4)cc23)c(OC)c1. The zero-order valence-corrected chi connectivity index (χ0v) is 15.7. The molecule has 134 valence electrons. The topological polar surface area (TPSA) is 44.2 Å². The Balaban J connectivity index is 1.72. The average molecular weight is 374 g/mol. The van der Waals surface area contributed by atoms with Gasteiger partial charge in [0, 0.05) is 4.88 Å². The Hall–Kier alpha value is -3.18. The van der Waals surface area contributed by atoms with Crippen LogP contribution in [0.2, 0.25) is 0 Å². The molecule has 0 saturated carbocycles. The Morgan fingerprint density at radius 2 is 1.89 bits per heavy atom. The van der Waals surface area contributed by atoms with Crippen molar-refractivity contribution in [2.45, 2.75) is 6.42 Å². The van der Waals surface area contributed by atoms with E-state index in [0.717, 1.165) is 32.6 Å². The number of aromatic nitrogens is 2. The lowest BCUT2D eigenvalue weighted by atomic mass is 10.1. The number of ether oxygens (including phenoxy) is 2. The number of benzene rings is 2. The molecule has 0 aliphatic carbocycles. The van der Waals surface area contributed by atoms with Crippen molar-refractivity contribution in [1.29, 1.82) is 0 Å². The number of hydrogen-bond donors (Lipinski definition) is 0. The first kappa shape index (κ1) is 17.2. The van der Waals surface area contributed by atoms with Gasteiger partial charge in [0.05, 0.1) is 12.5 Å². The van der Waals surface area contributed by atoms with Gasteiger partial charge in [0.25, 0.3) is 0 Å². The molecule has 0 unspecified atom stereocenters. The third-order valence-corrected chi connectivity index (χ3v) is 5.26. The average Bonchev–Trinajstić information content (AvgIpc) is 3.15. The van der Waals surface area contributed by atoms with E-state index in [-0.39, 0.29) is 0 Å². The van der Waals surface area contributed by atoms with Crippen LogP contribution in [0.15, 0.2) is 73.6 Å². The fourth-order valence-corrected chi connectivity index (χ4v) is 3.85. The number of methoxy groups -OCH3 is 1. The number of thiophene rings is 1. The van der Waals surface area contributed by atoms with Crippen molar-refractivity contribution in [3.8, 4) is 27.8 Å². The summed E-state index contributed by atoms with van der Waals surface area (Å²) in [5, 5.41) is 0.888. The summed E-state index contributed by atoms with van der Waals surface area (Å²) in [6, 6.07) is 18.2. The van der Waals surface area contributed by atoms with Crippen LogP contribution in [0.5, 0.6) is 17.4 Å². The quantitative estimate of drug-likeness (QED) is 0.395. The molecule has 0 bridgehead atoms. The molecule has 0 aliphatic heterocycles. The van der Waals surface area contributed by atoms with E-state index in [1.54, 1.807) is 18.4 Å². The largest absolute Gasteiger partial charge is 0.493 e. The third-order valence-electron chi connectivity index (χ3n) is 4.17. The molecule has 0 saturated heterocycles. The van der Waals surface area contributed by atoms with Gasteiger partial charge >= 0.3 is 0 Å². The maximum atomic E-state index is 6.10. The smallest absolute Gasteiger partial charge is 0.231 e. The number of hydrogen-bond acceptors (Lipinski definition) is 5. The van der Waals surface area contributed by atoms with Crippen LogP contribution >= 0.6 is 11.3 Å². The summed E-state index contributed by atoms with van der Waals surface area (Å²) in [5.41, 5.74) is 2.27. The van der Waals surface area contributed by atoms with Gasteiger partial charge in [-0.05, 0) is 35.7 Å². The van der Waals surface area contributed by atoms with E-state index in [0.29, 0.717) is 17.4 Å². The lowest BCUT2D eigenvalue weighted by Gasteiger charge is -2.11. The number of rotatable bonds is 6. The van der Waals surface area contributed by atoms with Crippen LogP contribution in [0.25, 0.3) is 20.7 Å². The van der Waals surface area contributed by atoms with E-state index in [1.807, 2.05) is 42.5 Å². The molecule has 0 N–H and O–H groups in total. The predicted octanol–water partition coefficient (Wildman–Crippen LogP) is 5.89. The molecular formula is C22H18N2O2S. The molecule has 2 aromatic heterocycles. The molecule has 4 nitrogen and oxygen atoms in total. The molecule has 0 fully saturated rings. The number of fused-ring (bicyclic) bond motifs is 1. The minimum absolute atomic E-state index is 0.521. The first-order valence-corrected chi connectivity index (χ1v) is 9.36. The highest BCUT2D eigenvalue weighted by Crippen LogP contribution is 2.39. The summed E-state index contributed by atoms with van der Waals surface area (Å²) in [7, 11) is 1.63. The highest BCUT2D eigenvalue weighted by Gasteiger charge is 2.14. The standard InChI is InChI=1S/C22H18N2O2S/c1-3-7-15-10-11-18(19(12-15)25-2)26-21-17-13-20(16-8-5-4-6-9-16)27-22(17)24-14-23-21/h3-6,8-14H,1,7H2,2H3. The molecule has 0 aliphatic rings. The van der Waals surface area contributed by atoms with Crippen LogP contribution in [-0.4, -0.2) is 17.1 Å². The molecule has 2 aromatic carbocycles. The zero-order chi connectivity index (χ0) is 18.6. The molecule has 0 amide bonds. The van der Waals surface area contributed by atoms with Gasteiger partial charge in [0.1, 0.15) is 11.2 Å². The van der Waals surface area contributed by atoms with Crippen molar-refractivity contribution < 1.29 is 9.47 Å². The molecule has 4 aromatic rings. The van der Waals surface area contributed by atoms with Gasteiger partial charge in [0.15, 0.2) is 11.5 Å². The van der Waals surface area contributed by atoms with Crippen LogP contribution < -0.4 is 9.47 Å². The van der Waals surface area contributed by atoms with E-state index in [1.165, 1.54) is 6.33 Å². The number of nitrogens with zero attached hydrogens (tertiary/aromatic N) is 2. The van der Waals surface area contributed by atoms with Crippen LogP contribution in [0.1, 0.15) is 5.56 Å². The fourth-order valence-electron chi connectivity index (χ4n) is 2.85. The summed E-state index contributed by atoms with van der Waals surface area (Å²) in [4.78, 5) is 10.8. The highest BCUT2D eigenvalue weighted by atomic mass is 32.1. The monoisotopic (exact) mass is 374 g/mol. The second-order valence-corrected chi connectivity index (χ2v) is 6.99. The zero-order valence-electron chi connectivity index (χ0n) is 14.9. The van der Waals surface area contributed by atoms with Gasteiger partial charge in [-0.25, -0.2) is 9.97 Å². The number of allylic oxidation sites excluding steroid dienone is 1. The summed E-state index contributed by atoms with van der Waals surface area (Å²) < 4.78 is 11.6. The Morgan fingerprint density at radius 3 is 2.67 bits per heavy atom. The van der Waals surface area contributed by atoms with Crippen molar-refractivity contribution in [2.75, 3.05) is 7.11 Å². The highest BCUT2D eigenvalue weighted by molar-refractivity contribution is 7.21. The lowest BCUT2D eigenvalue weighted by Crippen LogP contribution is -1.94. The van der Waals surface area contributed by atoms with Gasteiger partial charge in [0.2, 0.25) is 5.88 Å². The van der Waals surface area contributed by atoms with Crippen LogP contribution in [0.3, 0.4) is 0 Å². The van der Waals surface area contributed by atoms with Gasteiger partial charge < -0.3 is 9.47 Å². The van der Waals surface area contributed by atoms with E-state index in [4.69, 9.17) is 9.47 Å². The van der Waals surface area contributed by atoms with Crippen LogP contribution in [0.4, 0.5) is 0 Å². The van der Waals surface area contributed by atoms with Crippen LogP contribution in [0, 0.1) is 0 Å². The Bertz CT molecular complexity index is 1090. The molecule has 27 heavy (non-hydrogen) atoms. The Morgan fingerprint density at radius 1 is 1.04 bits per heavy atom. The first-order chi connectivity index (χ1) is 13.3. The summed E-state index contributed by atoms with van der Waals surface area (Å²) >= 11 is 1.62. The maximum absolute atomic E-state index is 6.10. The van der Waals surface area contributed by atoms with E-state index >= 15 is 0 Å². The van der Waals surface area contributed by atoms with Gasteiger partial charge in [-0.2, -0.15) is 0 Å². The third kappa shape index (κ3) is 3.55. The van der Waals surface area contributed by atoms with Crippen molar-refractivity contribution in [3.05, 3.63) is 79.1 Å². The van der Waals surface area contributed by atoms with Crippen molar-refractivity contribution in [3.63, 3.8) is 0 Å². The first-order valence-electron chi connectivity index (χ1n) is 8.54. The van der Waals surface area contributed by atoms with Crippen molar-refractivity contribution in [2.24, 2.45) is 0 Å². The molecule has 0 spiro atoms. The van der Waals surface area contributed by atoms with Crippen molar-refractivity contribution >= 4 is 21.6 Å². The molecule has 5 heteroatoms. The lowest BCUT2D eigenvalue weighted by molar-refractivity contribution is 0.375. The second-order valence-electron chi connectivity index (χ2n) is 5.95. The molecule has 4 rings (SSSR count). The van der Waals surface area contributed by atoms with E-state index in [2.05, 4.69) is 34.7 Å².